The highest BCUT2D eigenvalue weighted by Crippen LogP contribution is 2.39. The van der Waals surface area contributed by atoms with Crippen molar-refractivity contribution >= 4 is 28.3 Å². The van der Waals surface area contributed by atoms with Crippen LogP contribution in [0.5, 0.6) is 0 Å². The second-order valence-electron chi connectivity index (χ2n) is 6.00. The smallest absolute Gasteiger partial charge is 0.227 e. The number of fused-ring (bicyclic) bond motifs is 1. The highest BCUT2D eigenvalue weighted by molar-refractivity contribution is 6.04. The molecule has 2 fully saturated rings. The number of carbonyl (C=O) groups excluding carboxylic acids is 1. The number of carbonyl (C=O) groups is 1. The lowest BCUT2D eigenvalue weighted by atomic mass is 10.2. The Kier molecular flexibility index (Phi) is 3.22. The van der Waals surface area contributed by atoms with Gasteiger partial charge in [0.1, 0.15) is 0 Å². The van der Waals surface area contributed by atoms with Gasteiger partial charge >= 0.3 is 0 Å². The van der Waals surface area contributed by atoms with Crippen LogP contribution in [0.4, 0.5) is 11.4 Å². The molecule has 0 spiro atoms. The summed E-state index contributed by atoms with van der Waals surface area (Å²) >= 11 is 0. The van der Waals surface area contributed by atoms with Gasteiger partial charge in [0.25, 0.3) is 0 Å². The van der Waals surface area contributed by atoms with Crippen molar-refractivity contribution in [3.8, 4) is 0 Å². The van der Waals surface area contributed by atoms with Gasteiger partial charge in [-0.25, -0.2) is 4.63 Å². The first-order valence-electron chi connectivity index (χ1n) is 7.63. The summed E-state index contributed by atoms with van der Waals surface area (Å²) in [5.41, 5.74) is 2.92. The molecule has 7 heteroatoms. The van der Waals surface area contributed by atoms with E-state index in [1.807, 2.05) is 12.1 Å². The fourth-order valence-electron chi connectivity index (χ4n) is 2.93. The molecule has 116 valence electrons. The molecular weight excluding hydrogens is 284 g/mol. The molecule has 0 bridgehead atoms. The molecule has 22 heavy (non-hydrogen) atoms. The predicted octanol–water partition coefficient (Wildman–Crippen LogP) is 1.65. The Bertz CT molecular complexity index is 708. The first-order chi connectivity index (χ1) is 10.7. The zero-order valence-electron chi connectivity index (χ0n) is 12.4. The molecule has 4 rings (SSSR count). The Hall–Kier alpha value is -2.15. The number of hydrogen-bond donors (Lipinski definition) is 1. The molecule has 1 aliphatic carbocycles. The first-order valence-corrected chi connectivity index (χ1v) is 7.63. The molecule has 1 aromatic carbocycles. The molecule has 2 aromatic rings. The average molecular weight is 302 g/mol. The normalized spacial score (nSPS) is 24.5. The average Bonchev–Trinajstić information content (AvgIpc) is 3.08. The standard InChI is InChI=1S/C15H18N4O3/c1-9-8-10(9)15(20)16-11-2-3-12(14-13(11)17-22-18-14)19-4-6-21-7-5-19/h2-3,9-10H,4-8H2,1H3,(H,16,20)/t9-,10+/m0/s1. The van der Waals surface area contributed by atoms with Crippen molar-refractivity contribution in [3.63, 3.8) is 0 Å². The minimum Gasteiger partial charge on any atom is -0.378 e. The summed E-state index contributed by atoms with van der Waals surface area (Å²) in [6.07, 6.45) is 0.956. The van der Waals surface area contributed by atoms with E-state index in [1.165, 1.54) is 0 Å². The third-order valence-electron chi connectivity index (χ3n) is 4.45. The predicted molar refractivity (Wildman–Crippen MR) is 80.7 cm³/mol. The Morgan fingerprint density at radius 1 is 1.27 bits per heavy atom. The van der Waals surface area contributed by atoms with Crippen LogP contribution >= 0.6 is 0 Å². The maximum absolute atomic E-state index is 12.1. The van der Waals surface area contributed by atoms with Gasteiger partial charge in [-0.15, -0.1) is 0 Å². The van der Waals surface area contributed by atoms with Crippen molar-refractivity contribution in [3.05, 3.63) is 12.1 Å². The van der Waals surface area contributed by atoms with Gasteiger partial charge in [0.05, 0.1) is 24.6 Å². The number of rotatable bonds is 3. The van der Waals surface area contributed by atoms with Crippen LogP contribution in [-0.2, 0) is 9.53 Å². The van der Waals surface area contributed by atoms with Crippen molar-refractivity contribution in [1.82, 2.24) is 10.3 Å². The van der Waals surface area contributed by atoms with Crippen molar-refractivity contribution < 1.29 is 14.2 Å². The van der Waals surface area contributed by atoms with E-state index in [1.54, 1.807) is 0 Å². The molecule has 2 heterocycles. The highest BCUT2D eigenvalue weighted by atomic mass is 16.6. The number of nitrogens with one attached hydrogen (secondary N) is 1. The number of benzene rings is 1. The number of hydrogen-bond acceptors (Lipinski definition) is 6. The van der Waals surface area contributed by atoms with Crippen LogP contribution in [0, 0.1) is 11.8 Å². The summed E-state index contributed by atoms with van der Waals surface area (Å²) in [5.74, 6) is 0.642. The lowest BCUT2D eigenvalue weighted by Gasteiger charge is -2.28. The molecule has 2 aliphatic rings. The number of aromatic nitrogens is 2. The van der Waals surface area contributed by atoms with E-state index in [2.05, 4.69) is 27.5 Å². The van der Waals surface area contributed by atoms with Gasteiger partial charge < -0.3 is 15.0 Å². The molecule has 0 unspecified atom stereocenters. The topological polar surface area (TPSA) is 80.5 Å². The summed E-state index contributed by atoms with van der Waals surface area (Å²) in [5, 5.41) is 10.9. The minimum absolute atomic E-state index is 0.0518. The van der Waals surface area contributed by atoms with Crippen LogP contribution in [0.25, 0.3) is 11.0 Å². The van der Waals surface area contributed by atoms with Crippen LogP contribution in [0.2, 0.25) is 0 Å². The minimum atomic E-state index is 0.0518. The summed E-state index contributed by atoms with van der Waals surface area (Å²) in [6.45, 7) is 5.11. The highest BCUT2D eigenvalue weighted by Gasteiger charge is 2.39. The third-order valence-corrected chi connectivity index (χ3v) is 4.45. The molecule has 7 nitrogen and oxygen atoms in total. The molecule has 1 N–H and O–H groups in total. The Morgan fingerprint density at radius 2 is 2.00 bits per heavy atom. The SMILES string of the molecule is C[C@H]1C[C@H]1C(=O)Nc1ccc(N2CCOCC2)c2nonc12. The van der Waals surface area contributed by atoms with E-state index in [0.29, 0.717) is 35.9 Å². The molecule has 1 saturated heterocycles. The van der Waals surface area contributed by atoms with Crippen LogP contribution in [0.1, 0.15) is 13.3 Å². The van der Waals surface area contributed by atoms with E-state index in [0.717, 1.165) is 25.2 Å². The van der Waals surface area contributed by atoms with Crippen LogP contribution in [-0.4, -0.2) is 42.5 Å². The number of nitrogens with zero attached hydrogens (tertiary/aromatic N) is 3. The molecule has 2 atom stereocenters. The molecule has 1 saturated carbocycles. The Balaban J connectivity index is 1.64. The molecule has 1 amide bonds. The lowest BCUT2D eigenvalue weighted by molar-refractivity contribution is -0.117. The van der Waals surface area contributed by atoms with Gasteiger partial charge in [0, 0.05) is 19.0 Å². The summed E-state index contributed by atoms with van der Waals surface area (Å²) in [6, 6.07) is 3.84. The summed E-state index contributed by atoms with van der Waals surface area (Å²) in [7, 11) is 0. The van der Waals surface area contributed by atoms with Crippen molar-refractivity contribution in [2.45, 2.75) is 13.3 Å². The van der Waals surface area contributed by atoms with E-state index >= 15 is 0 Å². The number of morpholine rings is 1. The van der Waals surface area contributed by atoms with E-state index in [4.69, 9.17) is 9.37 Å². The van der Waals surface area contributed by atoms with Crippen molar-refractivity contribution in [2.75, 3.05) is 36.5 Å². The van der Waals surface area contributed by atoms with Crippen LogP contribution < -0.4 is 10.2 Å². The number of anilines is 2. The quantitative estimate of drug-likeness (QED) is 0.928. The van der Waals surface area contributed by atoms with Crippen LogP contribution in [0.15, 0.2) is 16.8 Å². The molecular formula is C15H18N4O3. The van der Waals surface area contributed by atoms with E-state index < -0.39 is 0 Å². The number of amides is 1. The van der Waals surface area contributed by atoms with Gasteiger partial charge in [-0.3, -0.25) is 4.79 Å². The lowest BCUT2D eigenvalue weighted by Crippen LogP contribution is -2.36. The summed E-state index contributed by atoms with van der Waals surface area (Å²) < 4.78 is 10.3. The molecule has 1 aromatic heterocycles. The third kappa shape index (κ3) is 2.31. The Labute approximate surface area is 127 Å². The molecule has 1 aliphatic heterocycles. The van der Waals surface area contributed by atoms with Crippen molar-refractivity contribution in [2.24, 2.45) is 11.8 Å². The fraction of sp³-hybridized carbons (Fsp3) is 0.533. The van der Waals surface area contributed by atoms with Gasteiger partial charge in [-0.05, 0) is 34.8 Å². The van der Waals surface area contributed by atoms with Crippen molar-refractivity contribution in [1.29, 1.82) is 0 Å². The van der Waals surface area contributed by atoms with Gasteiger partial charge in [0.15, 0.2) is 11.0 Å². The largest absolute Gasteiger partial charge is 0.378 e. The van der Waals surface area contributed by atoms with Crippen LogP contribution in [0.3, 0.4) is 0 Å². The van der Waals surface area contributed by atoms with Gasteiger partial charge in [0.2, 0.25) is 5.91 Å². The maximum atomic E-state index is 12.1. The second kappa shape index (κ2) is 5.24. The van der Waals surface area contributed by atoms with Gasteiger partial charge in [-0.2, -0.15) is 0 Å². The first kappa shape index (κ1) is 13.5. The maximum Gasteiger partial charge on any atom is 0.227 e. The van der Waals surface area contributed by atoms with E-state index in [9.17, 15) is 4.79 Å². The monoisotopic (exact) mass is 302 g/mol. The summed E-state index contributed by atoms with van der Waals surface area (Å²) in [4.78, 5) is 14.3. The number of ether oxygens (including phenoxy) is 1. The van der Waals surface area contributed by atoms with Gasteiger partial charge in [-0.1, -0.05) is 6.92 Å². The zero-order valence-corrected chi connectivity index (χ0v) is 12.4. The molecule has 0 radical (unpaired) electrons. The fourth-order valence-corrected chi connectivity index (χ4v) is 2.93. The second-order valence-corrected chi connectivity index (χ2v) is 6.00. The Morgan fingerprint density at radius 3 is 2.73 bits per heavy atom. The zero-order chi connectivity index (χ0) is 15.1. The van der Waals surface area contributed by atoms with E-state index in [-0.39, 0.29) is 11.8 Å².